The molecule has 1 aromatic carbocycles. The summed E-state index contributed by atoms with van der Waals surface area (Å²) >= 11 is 0. The number of hydrogen-bond acceptors (Lipinski definition) is 2. The van der Waals surface area contributed by atoms with E-state index in [1.165, 1.54) is 18.4 Å². The largest absolute Gasteiger partial charge is 0.508 e. The first-order chi connectivity index (χ1) is 7.74. The fourth-order valence-electron chi connectivity index (χ4n) is 1.87. The second-order valence-corrected chi connectivity index (χ2v) is 4.37. The van der Waals surface area contributed by atoms with E-state index in [9.17, 15) is 5.11 Å². The van der Waals surface area contributed by atoms with Gasteiger partial charge in [-0.3, -0.25) is 0 Å². The number of aromatic hydroxyl groups is 1. The van der Waals surface area contributed by atoms with E-state index in [-0.39, 0.29) is 0 Å². The molecule has 0 aromatic heterocycles. The van der Waals surface area contributed by atoms with E-state index < -0.39 is 0 Å². The van der Waals surface area contributed by atoms with E-state index in [1.807, 2.05) is 13.0 Å². The molecule has 0 bridgehead atoms. The maximum Gasteiger partial charge on any atom is 0.118 e. The van der Waals surface area contributed by atoms with Crippen molar-refractivity contribution in [2.24, 2.45) is 0 Å². The van der Waals surface area contributed by atoms with Crippen LogP contribution in [0.4, 0.5) is 0 Å². The Morgan fingerprint density at radius 2 is 1.69 bits per heavy atom. The highest BCUT2D eigenvalue weighted by atomic mass is 16.3. The van der Waals surface area contributed by atoms with Crippen LogP contribution in [0.15, 0.2) is 18.2 Å². The molecule has 90 valence electrons. The third kappa shape index (κ3) is 4.67. The molecule has 0 fully saturated rings. The molecule has 2 heteroatoms. The van der Waals surface area contributed by atoms with Crippen molar-refractivity contribution in [3.8, 4) is 5.75 Å². The van der Waals surface area contributed by atoms with E-state index >= 15 is 0 Å². The molecule has 1 aromatic rings. The fraction of sp³-hybridized carbons (Fsp3) is 0.571. The maximum atomic E-state index is 9.64. The van der Waals surface area contributed by atoms with Gasteiger partial charge in [0.15, 0.2) is 0 Å². The second kappa shape index (κ2) is 7.29. The molecule has 0 unspecified atom stereocenters. The van der Waals surface area contributed by atoms with Crippen LogP contribution in [0.25, 0.3) is 0 Å². The van der Waals surface area contributed by atoms with E-state index in [1.54, 1.807) is 6.07 Å². The predicted octanol–water partition coefficient (Wildman–Crippen LogP) is 3.19. The summed E-state index contributed by atoms with van der Waals surface area (Å²) in [5.74, 6) is 0.418. The van der Waals surface area contributed by atoms with Crippen molar-refractivity contribution in [2.45, 2.75) is 45.4 Å². The third-order valence-electron chi connectivity index (χ3n) is 2.84. The summed E-state index contributed by atoms with van der Waals surface area (Å²) < 4.78 is 0. The molecule has 0 radical (unpaired) electrons. The van der Waals surface area contributed by atoms with Gasteiger partial charge in [0.2, 0.25) is 0 Å². The SMILES string of the molecule is Cc1ccc(O)c(CCCCCCCO)c1. The van der Waals surface area contributed by atoms with Gasteiger partial charge in [0.25, 0.3) is 0 Å². The van der Waals surface area contributed by atoms with Crippen LogP contribution in [0, 0.1) is 6.92 Å². The fourth-order valence-corrected chi connectivity index (χ4v) is 1.87. The summed E-state index contributed by atoms with van der Waals surface area (Å²) in [4.78, 5) is 0. The third-order valence-corrected chi connectivity index (χ3v) is 2.84. The lowest BCUT2D eigenvalue weighted by atomic mass is 10.0. The first kappa shape index (κ1) is 13.0. The number of phenols is 1. The van der Waals surface area contributed by atoms with Crippen molar-refractivity contribution in [1.82, 2.24) is 0 Å². The standard InChI is InChI=1S/C14H22O2/c1-12-8-9-14(16)13(11-12)7-5-3-2-4-6-10-15/h8-9,11,15-16H,2-7,10H2,1H3. The van der Waals surface area contributed by atoms with Gasteiger partial charge < -0.3 is 10.2 Å². The van der Waals surface area contributed by atoms with Gasteiger partial charge in [-0.15, -0.1) is 0 Å². The van der Waals surface area contributed by atoms with Crippen LogP contribution in [-0.2, 0) is 6.42 Å². The summed E-state index contributed by atoms with van der Waals surface area (Å²) in [5.41, 5.74) is 2.26. The number of rotatable bonds is 7. The van der Waals surface area contributed by atoms with Gasteiger partial charge in [0.05, 0.1) is 0 Å². The monoisotopic (exact) mass is 222 g/mol. The Hall–Kier alpha value is -1.02. The predicted molar refractivity (Wildman–Crippen MR) is 66.7 cm³/mol. The number of aliphatic hydroxyl groups excluding tert-OH is 1. The molecule has 0 atom stereocenters. The van der Waals surface area contributed by atoms with Crippen molar-refractivity contribution >= 4 is 0 Å². The lowest BCUT2D eigenvalue weighted by Gasteiger charge is -2.05. The highest BCUT2D eigenvalue weighted by molar-refractivity contribution is 5.35. The smallest absolute Gasteiger partial charge is 0.118 e. The molecule has 0 amide bonds. The summed E-state index contributed by atoms with van der Waals surface area (Å²) in [6, 6.07) is 5.76. The van der Waals surface area contributed by atoms with Gasteiger partial charge in [-0.1, -0.05) is 37.0 Å². The van der Waals surface area contributed by atoms with Gasteiger partial charge in [0.1, 0.15) is 5.75 Å². The van der Waals surface area contributed by atoms with E-state index in [0.717, 1.165) is 31.2 Å². The lowest BCUT2D eigenvalue weighted by molar-refractivity contribution is 0.282. The Bertz CT molecular complexity index is 308. The highest BCUT2D eigenvalue weighted by Gasteiger charge is 2.00. The number of hydrogen-bond donors (Lipinski definition) is 2. The van der Waals surface area contributed by atoms with Gasteiger partial charge in [0, 0.05) is 6.61 Å². The first-order valence-electron chi connectivity index (χ1n) is 6.13. The highest BCUT2D eigenvalue weighted by Crippen LogP contribution is 2.20. The summed E-state index contributed by atoms with van der Waals surface area (Å²) in [5, 5.41) is 18.3. The summed E-state index contributed by atoms with van der Waals surface area (Å²) in [6.45, 7) is 2.35. The second-order valence-electron chi connectivity index (χ2n) is 4.37. The minimum Gasteiger partial charge on any atom is -0.508 e. The van der Waals surface area contributed by atoms with Crippen LogP contribution >= 0.6 is 0 Å². The number of benzene rings is 1. The van der Waals surface area contributed by atoms with E-state index in [0.29, 0.717) is 12.4 Å². The molecule has 0 spiro atoms. The Kier molecular flexibility index (Phi) is 5.94. The molecule has 0 heterocycles. The zero-order chi connectivity index (χ0) is 11.8. The van der Waals surface area contributed by atoms with Gasteiger partial charge in [-0.2, -0.15) is 0 Å². The van der Waals surface area contributed by atoms with E-state index in [4.69, 9.17) is 5.11 Å². The van der Waals surface area contributed by atoms with Crippen molar-refractivity contribution in [3.63, 3.8) is 0 Å². The van der Waals surface area contributed by atoms with Crippen LogP contribution < -0.4 is 0 Å². The number of aliphatic hydroxyl groups is 1. The molecule has 2 N–H and O–H groups in total. The number of phenolic OH excluding ortho intramolecular Hbond substituents is 1. The van der Waals surface area contributed by atoms with Gasteiger partial charge >= 0.3 is 0 Å². The van der Waals surface area contributed by atoms with Crippen LogP contribution in [0.1, 0.15) is 43.2 Å². The minimum absolute atomic E-state index is 0.304. The summed E-state index contributed by atoms with van der Waals surface area (Å²) in [6.07, 6.45) is 6.43. The van der Waals surface area contributed by atoms with Crippen molar-refractivity contribution < 1.29 is 10.2 Å². The van der Waals surface area contributed by atoms with Crippen molar-refractivity contribution in [1.29, 1.82) is 0 Å². The van der Waals surface area contributed by atoms with Gasteiger partial charge in [-0.05, 0) is 37.8 Å². The van der Waals surface area contributed by atoms with E-state index in [2.05, 4.69) is 6.07 Å². The molecule has 1 rings (SSSR count). The normalized spacial score (nSPS) is 10.6. The average molecular weight is 222 g/mol. The number of unbranched alkanes of at least 4 members (excludes halogenated alkanes) is 4. The number of aryl methyl sites for hydroxylation is 2. The first-order valence-corrected chi connectivity index (χ1v) is 6.13. The molecule has 0 aliphatic rings. The van der Waals surface area contributed by atoms with Gasteiger partial charge in [-0.25, -0.2) is 0 Å². The van der Waals surface area contributed by atoms with Crippen molar-refractivity contribution in [3.05, 3.63) is 29.3 Å². The average Bonchev–Trinajstić information content (AvgIpc) is 2.28. The molecule has 0 aliphatic heterocycles. The molecule has 16 heavy (non-hydrogen) atoms. The lowest BCUT2D eigenvalue weighted by Crippen LogP contribution is -1.89. The molecule has 0 saturated carbocycles. The Balaban J connectivity index is 2.23. The molecule has 0 aliphatic carbocycles. The van der Waals surface area contributed by atoms with Crippen LogP contribution in [0.2, 0.25) is 0 Å². The molecular formula is C14H22O2. The maximum absolute atomic E-state index is 9.64. The Labute approximate surface area is 97.9 Å². The Morgan fingerprint density at radius 1 is 1.00 bits per heavy atom. The zero-order valence-electron chi connectivity index (χ0n) is 10.1. The van der Waals surface area contributed by atoms with Crippen LogP contribution in [-0.4, -0.2) is 16.8 Å². The quantitative estimate of drug-likeness (QED) is 0.696. The van der Waals surface area contributed by atoms with Crippen molar-refractivity contribution in [2.75, 3.05) is 6.61 Å². The molecule has 0 saturated heterocycles. The summed E-state index contributed by atoms with van der Waals surface area (Å²) in [7, 11) is 0. The van der Waals surface area contributed by atoms with Crippen LogP contribution in [0.3, 0.4) is 0 Å². The molecule has 2 nitrogen and oxygen atoms in total. The Morgan fingerprint density at radius 3 is 2.44 bits per heavy atom. The van der Waals surface area contributed by atoms with Crippen LogP contribution in [0.5, 0.6) is 5.75 Å². The zero-order valence-corrected chi connectivity index (χ0v) is 10.1. The minimum atomic E-state index is 0.304. The molecular weight excluding hydrogens is 200 g/mol. The topological polar surface area (TPSA) is 40.5 Å².